The summed E-state index contributed by atoms with van der Waals surface area (Å²) in [6, 6.07) is 4.24. The van der Waals surface area contributed by atoms with Crippen LogP contribution in [0.1, 0.15) is 30.2 Å². The smallest absolute Gasteiger partial charge is 0.191 e. The van der Waals surface area contributed by atoms with Crippen LogP contribution in [0.3, 0.4) is 0 Å². The molecule has 2 aromatic rings. The van der Waals surface area contributed by atoms with E-state index < -0.39 is 0 Å². The van der Waals surface area contributed by atoms with Gasteiger partial charge in [-0.05, 0) is 38.1 Å². The summed E-state index contributed by atoms with van der Waals surface area (Å²) in [4.78, 5) is 6.78. The average molecular weight is 330 g/mol. The number of furan rings is 1. The van der Waals surface area contributed by atoms with Crippen molar-refractivity contribution >= 4 is 5.96 Å². The fourth-order valence-electron chi connectivity index (χ4n) is 3.11. The third-order valence-electron chi connectivity index (χ3n) is 4.36. The Kier molecular flexibility index (Phi) is 5.53. The van der Waals surface area contributed by atoms with Crippen LogP contribution in [-0.2, 0) is 13.6 Å². The monoisotopic (exact) mass is 330 g/mol. The summed E-state index contributed by atoms with van der Waals surface area (Å²) in [5.41, 5.74) is 1.13. The highest BCUT2D eigenvalue weighted by molar-refractivity contribution is 5.79. The Morgan fingerprint density at radius 2 is 2.21 bits per heavy atom. The van der Waals surface area contributed by atoms with E-state index in [1.54, 1.807) is 18.0 Å². The number of likely N-dealkylation sites (tertiary alicyclic amines) is 1. The minimum absolute atomic E-state index is 0.236. The number of hydrogen-bond acceptors (Lipinski definition) is 4. The molecule has 1 aliphatic rings. The molecule has 0 saturated carbocycles. The number of nitrogens with one attached hydrogen (secondary N) is 2. The van der Waals surface area contributed by atoms with Crippen molar-refractivity contribution in [2.45, 2.75) is 25.4 Å². The van der Waals surface area contributed by atoms with Gasteiger partial charge in [0.2, 0.25) is 0 Å². The molecule has 1 aliphatic heterocycles. The van der Waals surface area contributed by atoms with Gasteiger partial charge in [0.15, 0.2) is 5.96 Å². The summed E-state index contributed by atoms with van der Waals surface area (Å²) in [5, 5.41) is 10.9. The summed E-state index contributed by atoms with van der Waals surface area (Å²) >= 11 is 0. The fourth-order valence-corrected chi connectivity index (χ4v) is 3.11. The zero-order chi connectivity index (χ0) is 16.8. The Hall–Kier alpha value is -2.28. The number of nitrogens with zero attached hydrogens (tertiary/aromatic N) is 4. The molecule has 1 fully saturated rings. The number of aryl methyl sites for hydroxylation is 1. The van der Waals surface area contributed by atoms with E-state index in [1.807, 2.05) is 25.5 Å². The summed E-state index contributed by atoms with van der Waals surface area (Å²) in [6.07, 6.45) is 8.11. The molecule has 2 aromatic heterocycles. The topological polar surface area (TPSA) is 70.6 Å². The van der Waals surface area contributed by atoms with E-state index in [2.05, 4.69) is 31.7 Å². The number of guanidine groups is 1. The van der Waals surface area contributed by atoms with Crippen LogP contribution in [0, 0.1) is 0 Å². The van der Waals surface area contributed by atoms with Gasteiger partial charge in [0, 0.05) is 38.9 Å². The molecule has 7 nitrogen and oxygen atoms in total. The third kappa shape index (κ3) is 4.17. The molecule has 2 N–H and O–H groups in total. The van der Waals surface area contributed by atoms with Gasteiger partial charge in [-0.15, -0.1) is 0 Å². The minimum Gasteiger partial charge on any atom is -0.468 e. The van der Waals surface area contributed by atoms with Crippen molar-refractivity contribution in [3.8, 4) is 0 Å². The third-order valence-corrected chi connectivity index (χ3v) is 4.36. The van der Waals surface area contributed by atoms with Crippen LogP contribution >= 0.6 is 0 Å². The van der Waals surface area contributed by atoms with E-state index >= 15 is 0 Å². The van der Waals surface area contributed by atoms with Crippen molar-refractivity contribution in [2.75, 3.05) is 26.7 Å². The highest BCUT2D eigenvalue weighted by Crippen LogP contribution is 2.24. The van der Waals surface area contributed by atoms with Gasteiger partial charge in [-0.3, -0.25) is 14.6 Å². The molecule has 3 heterocycles. The van der Waals surface area contributed by atoms with Gasteiger partial charge in [0.05, 0.1) is 18.5 Å². The predicted molar refractivity (Wildman–Crippen MR) is 93.7 cm³/mol. The first kappa shape index (κ1) is 16.6. The SMILES string of the molecule is CN=C(NCc1cnn(C)c1)NCC(c1ccco1)N1CCCC1. The van der Waals surface area contributed by atoms with E-state index in [1.165, 1.54) is 12.8 Å². The Balaban J connectivity index is 1.56. The highest BCUT2D eigenvalue weighted by Gasteiger charge is 2.25. The normalized spacial score (nSPS) is 17.2. The van der Waals surface area contributed by atoms with Crippen LogP contribution in [0.2, 0.25) is 0 Å². The first-order valence-corrected chi connectivity index (χ1v) is 8.46. The molecule has 0 radical (unpaired) electrons. The van der Waals surface area contributed by atoms with Gasteiger partial charge >= 0.3 is 0 Å². The second-order valence-corrected chi connectivity index (χ2v) is 6.10. The zero-order valence-electron chi connectivity index (χ0n) is 14.4. The summed E-state index contributed by atoms with van der Waals surface area (Å²) in [5.74, 6) is 1.79. The van der Waals surface area contributed by atoms with E-state index in [0.717, 1.165) is 36.9 Å². The van der Waals surface area contributed by atoms with E-state index in [0.29, 0.717) is 6.54 Å². The summed E-state index contributed by atoms with van der Waals surface area (Å²) in [7, 11) is 3.71. The lowest BCUT2D eigenvalue weighted by atomic mass is 10.2. The van der Waals surface area contributed by atoms with Gasteiger partial charge in [-0.1, -0.05) is 0 Å². The van der Waals surface area contributed by atoms with Crippen LogP contribution < -0.4 is 10.6 Å². The molecule has 0 aromatic carbocycles. The molecule has 1 saturated heterocycles. The predicted octanol–water partition coefficient (Wildman–Crippen LogP) is 1.52. The largest absolute Gasteiger partial charge is 0.468 e. The number of hydrogen-bond donors (Lipinski definition) is 2. The average Bonchev–Trinajstić information content (AvgIpc) is 3.33. The van der Waals surface area contributed by atoms with Gasteiger partial charge < -0.3 is 15.1 Å². The number of rotatable bonds is 6. The number of aliphatic imine (C=N–C) groups is 1. The number of aromatic nitrogens is 2. The molecule has 0 aliphatic carbocycles. The molecule has 3 rings (SSSR count). The van der Waals surface area contributed by atoms with Gasteiger partial charge in [-0.2, -0.15) is 5.10 Å². The van der Waals surface area contributed by atoms with Gasteiger partial charge in [0.25, 0.3) is 0 Å². The quantitative estimate of drug-likeness (QED) is 0.621. The van der Waals surface area contributed by atoms with E-state index in [9.17, 15) is 0 Å². The maximum Gasteiger partial charge on any atom is 0.191 e. The maximum absolute atomic E-state index is 5.65. The zero-order valence-corrected chi connectivity index (χ0v) is 14.4. The molecular formula is C17H26N6O. The second-order valence-electron chi connectivity index (χ2n) is 6.10. The van der Waals surface area contributed by atoms with Crippen molar-refractivity contribution < 1.29 is 4.42 Å². The molecule has 130 valence electrons. The van der Waals surface area contributed by atoms with Crippen molar-refractivity contribution in [3.05, 3.63) is 42.1 Å². The highest BCUT2D eigenvalue weighted by atomic mass is 16.3. The van der Waals surface area contributed by atoms with Crippen molar-refractivity contribution in [1.29, 1.82) is 0 Å². The van der Waals surface area contributed by atoms with Crippen molar-refractivity contribution in [2.24, 2.45) is 12.0 Å². The van der Waals surface area contributed by atoms with Gasteiger partial charge in [0.1, 0.15) is 5.76 Å². The van der Waals surface area contributed by atoms with Crippen LogP contribution in [0.25, 0.3) is 0 Å². The van der Waals surface area contributed by atoms with E-state index in [4.69, 9.17) is 4.42 Å². The lowest BCUT2D eigenvalue weighted by Gasteiger charge is -2.26. The van der Waals surface area contributed by atoms with Crippen LogP contribution in [0.5, 0.6) is 0 Å². The molecule has 0 spiro atoms. The van der Waals surface area contributed by atoms with E-state index in [-0.39, 0.29) is 6.04 Å². The first-order chi connectivity index (χ1) is 11.8. The van der Waals surface area contributed by atoms with Crippen LogP contribution in [0.15, 0.2) is 40.2 Å². The summed E-state index contributed by atoms with van der Waals surface area (Å²) < 4.78 is 7.45. The van der Waals surface area contributed by atoms with Crippen molar-refractivity contribution in [3.63, 3.8) is 0 Å². The molecule has 24 heavy (non-hydrogen) atoms. The molecular weight excluding hydrogens is 304 g/mol. The molecule has 1 unspecified atom stereocenters. The Morgan fingerprint density at radius 3 is 2.83 bits per heavy atom. The molecule has 0 amide bonds. The maximum atomic E-state index is 5.65. The van der Waals surface area contributed by atoms with Gasteiger partial charge in [-0.25, -0.2) is 0 Å². The second kappa shape index (κ2) is 8.01. The lowest BCUT2D eigenvalue weighted by Crippen LogP contribution is -2.42. The Morgan fingerprint density at radius 1 is 1.38 bits per heavy atom. The molecule has 1 atom stereocenters. The van der Waals surface area contributed by atoms with Crippen LogP contribution in [-0.4, -0.2) is 47.3 Å². The molecule has 7 heteroatoms. The Bertz CT molecular complexity index is 642. The first-order valence-electron chi connectivity index (χ1n) is 8.46. The molecule has 0 bridgehead atoms. The summed E-state index contributed by atoms with van der Waals surface area (Å²) in [6.45, 7) is 3.70. The van der Waals surface area contributed by atoms with Crippen molar-refractivity contribution in [1.82, 2.24) is 25.3 Å². The fraction of sp³-hybridized carbons (Fsp3) is 0.529. The minimum atomic E-state index is 0.236. The lowest BCUT2D eigenvalue weighted by molar-refractivity contribution is 0.215. The van der Waals surface area contributed by atoms with Crippen LogP contribution in [0.4, 0.5) is 0 Å². The Labute approximate surface area is 142 Å². The standard InChI is InChI=1S/C17H26N6O/c1-18-17(19-10-14-11-21-22(2)13-14)20-12-15(16-6-5-9-24-16)23-7-3-4-8-23/h5-6,9,11,13,15H,3-4,7-8,10,12H2,1-2H3,(H2,18,19,20).